The van der Waals surface area contributed by atoms with Crippen molar-refractivity contribution in [3.63, 3.8) is 0 Å². The summed E-state index contributed by atoms with van der Waals surface area (Å²) in [6.45, 7) is 3.74. The van der Waals surface area contributed by atoms with Gasteiger partial charge >= 0.3 is 5.97 Å². The number of ether oxygens (including phenoxy) is 1. The van der Waals surface area contributed by atoms with Gasteiger partial charge in [-0.1, -0.05) is 19.4 Å². The molecule has 0 bridgehead atoms. The van der Waals surface area contributed by atoms with E-state index in [2.05, 4.69) is 0 Å². The van der Waals surface area contributed by atoms with Gasteiger partial charge in [0.25, 0.3) is 0 Å². The summed E-state index contributed by atoms with van der Waals surface area (Å²) < 4.78 is 5.45. The SMILES string of the molecule is CCCC(Oc1cccc(N)c1C)C(=O)O. The van der Waals surface area contributed by atoms with E-state index in [-0.39, 0.29) is 0 Å². The van der Waals surface area contributed by atoms with E-state index >= 15 is 0 Å². The minimum atomic E-state index is -0.941. The maximum Gasteiger partial charge on any atom is 0.344 e. The van der Waals surface area contributed by atoms with Crippen molar-refractivity contribution in [3.8, 4) is 5.75 Å². The van der Waals surface area contributed by atoms with Crippen molar-refractivity contribution >= 4 is 11.7 Å². The van der Waals surface area contributed by atoms with Crippen molar-refractivity contribution in [3.05, 3.63) is 23.8 Å². The molecule has 0 aliphatic carbocycles. The quantitative estimate of drug-likeness (QED) is 0.750. The molecule has 0 aromatic heterocycles. The van der Waals surface area contributed by atoms with E-state index in [9.17, 15) is 4.79 Å². The number of carbonyl (C=O) groups is 1. The van der Waals surface area contributed by atoms with Crippen LogP contribution in [-0.4, -0.2) is 17.2 Å². The van der Waals surface area contributed by atoms with Crippen LogP contribution in [0.4, 0.5) is 5.69 Å². The van der Waals surface area contributed by atoms with Crippen molar-refractivity contribution in [1.82, 2.24) is 0 Å². The number of carboxylic acids is 1. The van der Waals surface area contributed by atoms with Crippen LogP contribution in [0.15, 0.2) is 18.2 Å². The number of hydrogen-bond donors (Lipinski definition) is 2. The molecule has 0 spiro atoms. The molecule has 0 heterocycles. The monoisotopic (exact) mass is 223 g/mol. The molecule has 0 saturated heterocycles. The van der Waals surface area contributed by atoms with Crippen LogP contribution in [0, 0.1) is 6.92 Å². The van der Waals surface area contributed by atoms with E-state index in [4.69, 9.17) is 15.6 Å². The lowest BCUT2D eigenvalue weighted by atomic mass is 10.1. The van der Waals surface area contributed by atoms with E-state index in [1.165, 1.54) is 0 Å². The normalized spacial score (nSPS) is 12.1. The second-order valence-electron chi connectivity index (χ2n) is 3.70. The van der Waals surface area contributed by atoms with Gasteiger partial charge in [-0.2, -0.15) is 0 Å². The molecular formula is C12H17NO3. The zero-order chi connectivity index (χ0) is 12.1. The first-order valence-corrected chi connectivity index (χ1v) is 5.30. The van der Waals surface area contributed by atoms with Crippen LogP contribution < -0.4 is 10.5 Å². The number of benzene rings is 1. The third-order valence-corrected chi connectivity index (χ3v) is 2.42. The number of anilines is 1. The van der Waals surface area contributed by atoms with Crippen LogP contribution in [0.1, 0.15) is 25.3 Å². The fraction of sp³-hybridized carbons (Fsp3) is 0.417. The maximum atomic E-state index is 10.9. The Morgan fingerprint density at radius 1 is 1.56 bits per heavy atom. The van der Waals surface area contributed by atoms with E-state index < -0.39 is 12.1 Å². The van der Waals surface area contributed by atoms with Crippen LogP contribution >= 0.6 is 0 Å². The summed E-state index contributed by atoms with van der Waals surface area (Å²) in [5, 5.41) is 8.97. The van der Waals surface area contributed by atoms with Gasteiger partial charge in [-0.3, -0.25) is 0 Å². The van der Waals surface area contributed by atoms with Gasteiger partial charge in [0.05, 0.1) is 0 Å². The lowest BCUT2D eigenvalue weighted by Crippen LogP contribution is -2.27. The first kappa shape index (κ1) is 12.4. The molecule has 0 fully saturated rings. The van der Waals surface area contributed by atoms with Gasteiger partial charge in [0.2, 0.25) is 0 Å². The summed E-state index contributed by atoms with van der Waals surface area (Å²) in [7, 11) is 0. The lowest BCUT2D eigenvalue weighted by Gasteiger charge is -2.16. The molecule has 4 heteroatoms. The van der Waals surface area contributed by atoms with Crippen molar-refractivity contribution < 1.29 is 14.6 Å². The number of nitrogen functional groups attached to an aromatic ring is 1. The van der Waals surface area contributed by atoms with Crippen LogP contribution in [0.2, 0.25) is 0 Å². The highest BCUT2D eigenvalue weighted by Crippen LogP contribution is 2.24. The lowest BCUT2D eigenvalue weighted by molar-refractivity contribution is -0.145. The molecular weight excluding hydrogens is 206 g/mol. The standard InChI is InChI=1S/C12H17NO3/c1-3-5-11(12(14)15)16-10-7-4-6-9(13)8(10)2/h4,6-7,11H,3,5,13H2,1-2H3,(H,14,15). The summed E-state index contributed by atoms with van der Waals surface area (Å²) in [6, 6.07) is 5.25. The van der Waals surface area contributed by atoms with Crippen molar-refractivity contribution in [2.75, 3.05) is 5.73 Å². The molecule has 1 unspecified atom stereocenters. The fourth-order valence-electron chi connectivity index (χ4n) is 1.41. The Labute approximate surface area is 95.0 Å². The summed E-state index contributed by atoms with van der Waals surface area (Å²) in [4.78, 5) is 10.9. The van der Waals surface area contributed by atoms with Crippen molar-refractivity contribution in [2.45, 2.75) is 32.8 Å². The Balaban J connectivity index is 2.85. The zero-order valence-corrected chi connectivity index (χ0v) is 9.56. The van der Waals surface area contributed by atoms with Gasteiger partial charge in [0.1, 0.15) is 5.75 Å². The Morgan fingerprint density at radius 2 is 2.25 bits per heavy atom. The van der Waals surface area contributed by atoms with Gasteiger partial charge in [0.15, 0.2) is 6.10 Å². The molecule has 1 aromatic carbocycles. The predicted molar refractivity (Wildman–Crippen MR) is 62.6 cm³/mol. The predicted octanol–water partition coefficient (Wildman–Crippen LogP) is 2.21. The summed E-state index contributed by atoms with van der Waals surface area (Å²) in [5.41, 5.74) is 7.11. The molecule has 16 heavy (non-hydrogen) atoms. The van der Waals surface area contributed by atoms with E-state index in [0.29, 0.717) is 17.9 Å². The van der Waals surface area contributed by atoms with Gasteiger partial charge in [0, 0.05) is 11.3 Å². The third-order valence-electron chi connectivity index (χ3n) is 2.42. The molecule has 1 rings (SSSR count). The van der Waals surface area contributed by atoms with Crippen LogP contribution in [0.3, 0.4) is 0 Å². The topological polar surface area (TPSA) is 72.5 Å². The zero-order valence-electron chi connectivity index (χ0n) is 9.56. The van der Waals surface area contributed by atoms with Crippen LogP contribution in [-0.2, 0) is 4.79 Å². The largest absolute Gasteiger partial charge is 0.479 e. The first-order chi connectivity index (χ1) is 7.56. The van der Waals surface area contributed by atoms with E-state index in [0.717, 1.165) is 12.0 Å². The highest BCUT2D eigenvalue weighted by Gasteiger charge is 2.19. The molecule has 0 aliphatic rings. The highest BCUT2D eigenvalue weighted by atomic mass is 16.5. The Morgan fingerprint density at radius 3 is 2.81 bits per heavy atom. The molecule has 0 radical (unpaired) electrons. The number of hydrogen-bond acceptors (Lipinski definition) is 3. The van der Waals surface area contributed by atoms with Gasteiger partial charge in [-0.15, -0.1) is 0 Å². The summed E-state index contributed by atoms with van der Waals surface area (Å²) >= 11 is 0. The number of aliphatic carboxylic acids is 1. The number of rotatable bonds is 5. The van der Waals surface area contributed by atoms with Crippen molar-refractivity contribution in [2.24, 2.45) is 0 Å². The molecule has 3 N–H and O–H groups in total. The molecule has 0 amide bonds. The van der Waals surface area contributed by atoms with Gasteiger partial charge in [-0.25, -0.2) is 4.79 Å². The van der Waals surface area contributed by atoms with Crippen molar-refractivity contribution in [1.29, 1.82) is 0 Å². The first-order valence-electron chi connectivity index (χ1n) is 5.30. The van der Waals surface area contributed by atoms with Gasteiger partial charge < -0.3 is 15.6 Å². The fourth-order valence-corrected chi connectivity index (χ4v) is 1.41. The Hall–Kier alpha value is -1.71. The molecule has 1 atom stereocenters. The number of carboxylic acid groups (broad SMARTS) is 1. The third kappa shape index (κ3) is 2.89. The summed E-state index contributed by atoms with van der Waals surface area (Å²) in [5.74, 6) is -0.399. The molecule has 1 aromatic rings. The molecule has 0 aliphatic heterocycles. The smallest absolute Gasteiger partial charge is 0.344 e. The van der Waals surface area contributed by atoms with Gasteiger partial charge in [-0.05, 0) is 25.5 Å². The number of nitrogens with two attached hydrogens (primary N) is 1. The second-order valence-corrected chi connectivity index (χ2v) is 3.70. The van der Waals surface area contributed by atoms with Crippen LogP contribution in [0.5, 0.6) is 5.75 Å². The minimum Gasteiger partial charge on any atom is -0.479 e. The average Bonchev–Trinajstić information content (AvgIpc) is 2.23. The Bertz CT molecular complexity index is 377. The van der Waals surface area contributed by atoms with Crippen LogP contribution in [0.25, 0.3) is 0 Å². The highest BCUT2D eigenvalue weighted by molar-refractivity contribution is 5.73. The maximum absolute atomic E-state index is 10.9. The van der Waals surface area contributed by atoms with E-state index in [1.54, 1.807) is 18.2 Å². The van der Waals surface area contributed by atoms with E-state index in [1.807, 2.05) is 13.8 Å². The average molecular weight is 223 g/mol. The minimum absolute atomic E-state index is 0.490. The second kappa shape index (κ2) is 5.39. The molecule has 4 nitrogen and oxygen atoms in total. The Kier molecular flexibility index (Phi) is 4.17. The molecule has 88 valence electrons. The molecule has 0 saturated carbocycles. The summed E-state index contributed by atoms with van der Waals surface area (Å²) in [6.07, 6.45) is 0.451.